The molecular formula is C18H26S4. The molecule has 0 bridgehead atoms. The van der Waals surface area contributed by atoms with Gasteiger partial charge in [0, 0.05) is 20.3 Å². The van der Waals surface area contributed by atoms with Gasteiger partial charge in [-0.15, -0.1) is 23.5 Å². The lowest BCUT2D eigenvalue weighted by Gasteiger charge is -2.31. The summed E-state index contributed by atoms with van der Waals surface area (Å²) in [5.41, 5.74) is 0. The van der Waals surface area contributed by atoms with E-state index in [0.717, 1.165) is 10.5 Å². The SMILES string of the molecule is c1ccc2c(c1)SCCCS[C@@H]1CCCC[C@H]1SCCCS2. The number of fused-ring (bicyclic) bond motifs is 2. The molecule has 0 unspecified atom stereocenters. The van der Waals surface area contributed by atoms with E-state index in [-0.39, 0.29) is 0 Å². The van der Waals surface area contributed by atoms with E-state index in [0.29, 0.717) is 0 Å². The molecule has 4 heteroatoms. The predicted octanol–water partition coefficient (Wildman–Crippen LogP) is 6.44. The summed E-state index contributed by atoms with van der Waals surface area (Å²) in [6, 6.07) is 8.98. The first kappa shape index (κ1) is 17.4. The lowest BCUT2D eigenvalue weighted by molar-refractivity contribution is 0.527. The van der Waals surface area contributed by atoms with Crippen LogP contribution in [0.1, 0.15) is 38.5 Å². The molecule has 0 nitrogen and oxygen atoms in total. The molecule has 2 atom stereocenters. The van der Waals surface area contributed by atoms with E-state index in [9.17, 15) is 0 Å². The molecule has 122 valence electrons. The molecule has 1 aliphatic carbocycles. The Bertz CT molecular complexity index is 407. The van der Waals surface area contributed by atoms with Gasteiger partial charge in [0.1, 0.15) is 0 Å². The van der Waals surface area contributed by atoms with Crippen LogP contribution < -0.4 is 0 Å². The quantitative estimate of drug-likeness (QED) is 0.515. The van der Waals surface area contributed by atoms with Crippen molar-refractivity contribution in [1.29, 1.82) is 0 Å². The van der Waals surface area contributed by atoms with Crippen molar-refractivity contribution in [3.05, 3.63) is 24.3 Å². The van der Waals surface area contributed by atoms with Crippen molar-refractivity contribution in [3.63, 3.8) is 0 Å². The summed E-state index contributed by atoms with van der Waals surface area (Å²) in [4.78, 5) is 3.00. The molecule has 2 aliphatic rings. The Morgan fingerprint density at radius 3 is 1.64 bits per heavy atom. The Morgan fingerprint density at radius 2 is 1.14 bits per heavy atom. The average Bonchev–Trinajstić information content (AvgIpc) is 2.56. The van der Waals surface area contributed by atoms with Gasteiger partial charge in [0.25, 0.3) is 0 Å². The molecule has 1 aromatic rings. The van der Waals surface area contributed by atoms with Crippen molar-refractivity contribution in [2.24, 2.45) is 0 Å². The fourth-order valence-corrected chi connectivity index (χ4v) is 8.66. The summed E-state index contributed by atoms with van der Waals surface area (Å²) in [5, 5.41) is 1.87. The van der Waals surface area contributed by atoms with Crippen LogP contribution in [0.15, 0.2) is 34.1 Å². The number of rotatable bonds is 0. The summed E-state index contributed by atoms with van der Waals surface area (Å²) in [5.74, 6) is 5.25. The van der Waals surface area contributed by atoms with Gasteiger partial charge in [-0.2, -0.15) is 23.5 Å². The normalized spacial score (nSPS) is 28.2. The molecule has 0 radical (unpaired) electrons. The molecule has 0 spiro atoms. The number of thioether (sulfide) groups is 4. The first-order chi connectivity index (χ1) is 10.9. The van der Waals surface area contributed by atoms with E-state index in [1.165, 1.54) is 71.3 Å². The highest BCUT2D eigenvalue weighted by Gasteiger charge is 2.25. The van der Waals surface area contributed by atoms with Crippen LogP contribution in [0, 0.1) is 0 Å². The highest BCUT2D eigenvalue weighted by molar-refractivity contribution is 8.04. The Hall–Kier alpha value is 0.620. The van der Waals surface area contributed by atoms with Crippen LogP contribution in [-0.2, 0) is 0 Å². The minimum Gasteiger partial charge on any atom is -0.157 e. The predicted molar refractivity (Wildman–Crippen MR) is 108 cm³/mol. The maximum Gasteiger partial charge on any atom is 0.0208 e. The van der Waals surface area contributed by atoms with Gasteiger partial charge in [-0.05, 0) is 60.8 Å². The van der Waals surface area contributed by atoms with Crippen molar-refractivity contribution in [2.75, 3.05) is 23.0 Å². The largest absolute Gasteiger partial charge is 0.157 e. The summed E-state index contributed by atoms with van der Waals surface area (Å²) in [7, 11) is 0. The third-order valence-electron chi connectivity index (χ3n) is 4.25. The van der Waals surface area contributed by atoms with Gasteiger partial charge in [-0.1, -0.05) is 25.0 Å². The maximum absolute atomic E-state index is 2.30. The van der Waals surface area contributed by atoms with Gasteiger partial charge in [0.05, 0.1) is 0 Å². The zero-order chi connectivity index (χ0) is 15.0. The van der Waals surface area contributed by atoms with E-state index >= 15 is 0 Å². The molecule has 0 N–H and O–H groups in total. The Kier molecular flexibility index (Phi) is 7.77. The molecule has 1 heterocycles. The second kappa shape index (κ2) is 9.80. The standard InChI is InChI=1S/C18H26S4/c1-2-8-16-15(7-1)19-11-5-13-21-17-9-3-4-10-18(17)22-14-6-12-20-16/h1-2,7-8,17-18H,3-6,9-14H2/t17-,18-/m1/s1. The summed E-state index contributed by atoms with van der Waals surface area (Å²) < 4.78 is 0. The maximum atomic E-state index is 2.30. The van der Waals surface area contributed by atoms with Crippen molar-refractivity contribution in [3.8, 4) is 0 Å². The number of benzene rings is 1. The van der Waals surface area contributed by atoms with Crippen LogP contribution in [-0.4, -0.2) is 33.5 Å². The Labute approximate surface area is 152 Å². The first-order valence-electron chi connectivity index (χ1n) is 8.51. The third-order valence-corrected chi connectivity index (χ3v) is 9.90. The van der Waals surface area contributed by atoms with Gasteiger partial charge < -0.3 is 0 Å². The van der Waals surface area contributed by atoms with E-state index in [1.807, 2.05) is 0 Å². The van der Waals surface area contributed by atoms with E-state index in [1.54, 1.807) is 0 Å². The van der Waals surface area contributed by atoms with E-state index in [2.05, 4.69) is 71.3 Å². The van der Waals surface area contributed by atoms with Crippen molar-refractivity contribution < 1.29 is 0 Å². The number of hydrogen-bond acceptors (Lipinski definition) is 4. The van der Waals surface area contributed by atoms with Crippen molar-refractivity contribution >= 4 is 47.0 Å². The average molecular weight is 371 g/mol. The minimum absolute atomic E-state index is 0.937. The molecule has 1 aromatic carbocycles. The lowest BCUT2D eigenvalue weighted by Crippen LogP contribution is -2.25. The smallest absolute Gasteiger partial charge is 0.0208 e. The molecule has 3 rings (SSSR count). The van der Waals surface area contributed by atoms with Gasteiger partial charge in [-0.3, -0.25) is 0 Å². The second-order valence-electron chi connectivity index (χ2n) is 5.95. The first-order valence-corrected chi connectivity index (χ1v) is 12.6. The van der Waals surface area contributed by atoms with Crippen LogP contribution in [0.25, 0.3) is 0 Å². The van der Waals surface area contributed by atoms with Gasteiger partial charge in [0.15, 0.2) is 0 Å². The van der Waals surface area contributed by atoms with E-state index < -0.39 is 0 Å². The molecule has 1 saturated carbocycles. The van der Waals surface area contributed by atoms with Crippen LogP contribution in [0.5, 0.6) is 0 Å². The van der Waals surface area contributed by atoms with Crippen molar-refractivity contribution in [2.45, 2.75) is 58.8 Å². The lowest BCUT2D eigenvalue weighted by atomic mass is 10.00. The molecular weight excluding hydrogens is 344 g/mol. The van der Waals surface area contributed by atoms with E-state index in [4.69, 9.17) is 0 Å². The number of hydrogen-bond donors (Lipinski definition) is 0. The zero-order valence-electron chi connectivity index (χ0n) is 13.2. The van der Waals surface area contributed by atoms with Crippen LogP contribution >= 0.6 is 47.0 Å². The highest BCUT2D eigenvalue weighted by atomic mass is 32.2. The second-order valence-corrected chi connectivity index (χ2v) is 10.9. The molecule has 1 fully saturated rings. The fraction of sp³-hybridized carbons (Fsp3) is 0.667. The van der Waals surface area contributed by atoms with Crippen molar-refractivity contribution in [1.82, 2.24) is 0 Å². The summed E-state index contributed by atoms with van der Waals surface area (Å²) in [6.45, 7) is 0. The topological polar surface area (TPSA) is 0 Å². The van der Waals surface area contributed by atoms with Gasteiger partial charge >= 0.3 is 0 Å². The van der Waals surface area contributed by atoms with Crippen LogP contribution in [0.3, 0.4) is 0 Å². The minimum atomic E-state index is 0.937. The van der Waals surface area contributed by atoms with Crippen LogP contribution in [0.2, 0.25) is 0 Å². The Balaban J connectivity index is 1.59. The molecule has 1 aliphatic heterocycles. The monoisotopic (exact) mass is 370 g/mol. The Morgan fingerprint density at radius 1 is 0.636 bits per heavy atom. The summed E-state index contributed by atoms with van der Waals surface area (Å²) in [6.07, 6.45) is 8.56. The van der Waals surface area contributed by atoms with Crippen LogP contribution in [0.4, 0.5) is 0 Å². The van der Waals surface area contributed by atoms with Gasteiger partial charge in [-0.25, -0.2) is 0 Å². The zero-order valence-corrected chi connectivity index (χ0v) is 16.4. The third kappa shape index (κ3) is 5.32. The summed E-state index contributed by atoms with van der Waals surface area (Å²) >= 11 is 8.67. The van der Waals surface area contributed by atoms with Gasteiger partial charge in [0.2, 0.25) is 0 Å². The highest BCUT2D eigenvalue weighted by Crippen LogP contribution is 2.38. The molecule has 0 saturated heterocycles. The molecule has 0 aromatic heterocycles. The molecule has 0 amide bonds. The fourth-order valence-electron chi connectivity index (χ4n) is 3.08. The molecule has 22 heavy (non-hydrogen) atoms.